The molecule has 0 fully saturated rings. The molecular formula is C13H19NO2. The Kier molecular flexibility index (Phi) is 5.61. The summed E-state index contributed by atoms with van der Waals surface area (Å²) in [6.07, 6.45) is 3.94. The lowest BCUT2D eigenvalue weighted by molar-refractivity contribution is -0.282. The molecule has 0 bridgehead atoms. The van der Waals surface area contributed by atoms with Gasteiger partial charge in [-0.25, -0.2) is 9.78 Å². The van der Waals surface area contributed by atoms with Crippen LogP contribution in [0.3, 0.4) is 0 Å². The summed E-state index contributed by atoms with van der Waals surface area (Å²) >= 11 is 0. The molecule has 0 saturated carbocycles. The van der Waals surface area contributed by atoms with Crippen LogP contribution in [0.5, 0.6) is 0 Å². The zero-order valence-corrected chi connectivity index (χ0v) is 10.1. The van der Waals surface area contributed by atoms with Crippen molar-refractivity contribution in [1.29, 1.82) is 0 Å². The average molecular weight is 221 g/mol. The van der Waals surface area contributed by atoms with Crippen LogP contribution in [0.25, 0.3) is 6.08 Å². The molecule has 1 rings (SSSR count). The number of nitrogens with zero attached hydrogens (tertiary/aromatic N) is 1. The Morgan fingerprint density at radius 3 is 2.38 bits per heavy atom. The Hall–Kier alpha value is -1.32. The van der Waals surface area contributed by atoms with Crippen LogP contribution in [0.15, 0.2) is 30.3 Å². The van der Waals surface area contributed by atoms with Crippen molar-refractivity contribution < 1.29 is 9.78 Å². The van der Waals surface area contributed by atoms with E-state index in [1.165, 1.54) is 5.69 Å². The van der Waals surface area contributed by atoms with Crippen molar-refractivity contribution in [1.82, 2.24) is 0 Å². The summed E-state index contributed by atoms with van der Waals surface area (Å²) in [5, 5.41) is 0. The van der Waals surface area contributed by atoms with Crippen molar-refractivity contribution in [3.63, 3.8) is 0 Å². The first-order valence-electron chi connectivity index (χ1n) is 5.42. The van der Waals surface area contributed by atoms with Crippen molar-refractivity contribution in [2.45, 2.75) is 6.92 Å². The summed E-state index contributed by atoms with van der Waals surface area (Å²) in [7, 11) is 4.06. The van der Waals surface area contributed by atoms with Gasteiger partial charge in [-0.05, 0) is 24.6 Å². The first kappa shape index (κ1) is 12.7. The molecule has 0 saturated heterocycles. The van der Waals surface area contributed by atoms with Crippen LogP contribution >= 0.6 is 0 Å². The van der Waals surface area contributed by atoms with Crippen LogP contribution in [-0.4, -0.2) is 27.3 Å². The lowest BCUT2D eigenvalue weighted by atomic mass is 10.2. The zero-order chi connectivity index (χ0) is 11.8. The summed E-state index contributed by atoms with van der Waals surface area (Å²) in [4.78, 5) is 11.7. The molecule has 0 amide bonds. The van der Waals surface area contributed by atoms with E-state index in [0.717, 1.165) is 5.56 Å². The minimum absolute atomic E-state index is 0.475. The highest BCUT2D eigenvalue weighted by Crippen LogP contribution is 2.12. The highest BCUT2D eigenvalue weighted by Gasteiger charge is 1.93. The van der Waals surface area contributed by atoms with Gasteiger partial charge in [0.05, 0.1) is 6.61 Å². The van der Waals surface area contributed by atoms with Crippen LogP contribution in [0.2, 0.25) is 0 Å². The van der Waals surface area contributed by atoms with Gasteiger partial charge in [0.2, 0.25) is 0 Å². The fourth-order valence-corrected chi connectivity index (χ4v) is 1.24. The van der Waals surface area contributed by atoms with Crippen molar-refractivity contribution in [2.24, 2.45) is 0 Å². The third-order valence-electron chi connectivity index (χ3n) is 2.09. The normalized spacial score (nSPS) is 10.9. The molecule has 3 heteroatoms. The lowest BCUT2D eigenvalue weighted by Gasteiger charge is -2.11. The molecule has 88 valence electrons. The van der Waals surface area contributed by atoms with E-state index >= 15 is 0 Å². The van der Waals surface area contributed by atoms with Gasteiger partial charge in [0, 0.05) is 19.8 Å². The molecule has 0 aromatic heterocycles. The van der Waals surface area contributed by atoms with Gasteiger partial charge in [0.1, 0.15) is 6.61 Å². The molecule has 0 heterocycles. The molecular weight excluding hydrogens is 202 g/mol. The predicted molar refractivity (Wildman–Crippen MR) is 67.4 cm³/mol. The largest absolute Gasteiger partial charge is 0.378 e. The molecule has 0 N–H and O–H groups in total. The van der Waals surface area contributed by atoms with E-state index < -0.39 is 0 Å². The van der Waals surface area contributed by atoms with E-state index in [2.05, 4.69) is 29.2 Å². The van der Waals surface area contributed by atoms with E-state index in [1.54, 1.807) is 0 Å². The lowest BCUT2D eigenvalue weighted by Crippen LogP contribution is -2.07. The van der Waals surface area contributed by atoms with Crippen LogP contribution in [0, 0.1) is 0 Å². The van der Waals surface area contributed by atoms with Crippen LogP contribution in [0.4, 0.5) is 5.69 Å². The maximum atomic E-state index is 4.87. The smallest absolute Gasteiger partial charge is 0.101 e. The third-order valence-corrected chi connectivity index (χ3v) is 2.09. The van der Waals surface area contributed by atoms with Crippen LogP contribution in [-0.2, 0) is 9.78 Å². The second-order valence-corrected chi connectivity index (χ2v) is 3.58. The fourth-order valence-electron chi connectivity index (χ4n) is 1.24. The van der Waals surface area contributed by atoms with E-state index in [4.69, 9.17) is 9.78 Å². The van der Waals surface area contributed by atoms with Gasteiger partial charge in [0.25, 0.3) is 0 Å². The van der Waals surface area contributed by atoms with Crippen molar-refractivity contribution in [3.05, 3.63) is 35.9 Å². The number of hydrogen-bond donors (Lipinski definition) is 0. The van der Waals surface area contributed by atoms with E-state index in [9.17, 15) is 0 Å². The van der Waals surface area contributed by atoms with Crippen LogP contribution < -0.4 is 4.90 Å². The summed E-state index contributed by atoms with van der Waals surface area (Å²) < 4.78 is 0. The molecule has 0 aliphatic rings. The minimum Gasteiger partial charge on any atom is -0.378 e. The first-order valence-corrected chi connectivity index (χ1v) is 5.42. The van der Waals surface area contributed by atoms with Crippen molar-refractivity contribution in [2.75, 3.05) is 32.2 Å². The second-order valence-electron chi connectivity index (χ2n) is 3.58. The molecule has 3 nitrogen and oxygen atoms in total. The van der Waals surface area contributed by atoms with Gasteiger partial charge in [-0.15, -0.1) is 0 Å². The molecule has 0 aliphatic carbocycles. The highest BCUT2D eigenvalue weighted by molar-refractivity contribution is 5.55. The second kappa shape index (κ2) is 7.04. The SMILES string of the molecule is CCOOC/C=C\c1ccc(N(C)C)cc1. The quantitative estimate of drug-likeness (QED) is 0.419. The average Bonchev–Trinajstić information content (AvgIpc) is 2.29. The van der Waals surface area contributed by atoms with Gasteiger partial charge >= 0.3 is 0 Å². The van der Waals surface area contributed by atoms with E-state index in [0.29, 0.717) is 13.2 Å². The molecule has 1 aromatic rings. The number of anilines is 1. The topological polar surface area (TPSA) is 21.7 Å². The molecule has 0 radical (unpaired) electrons. The Morgan fingerprint density at radius 2 is 1.81 bits per heavy atom. The minimum atomic E-state index is 0.475. The molecule has 0 aliphatic heterocycles. The van der Waals surface area contributed by atoms with Gasteiger partial charge in [0.15, 0.2) is 0 Å². The number of hydrogen-bond acceptors (Lipinski definition) is 3. The number of benzene rings is 1. The molecule has 0 unspecified atom stereocenters. The Morgan fingerprint density at radius 1 is 1.12 bits per heavy atom. The highest BCUT2D eigenvalue weighted by atomic mass is 17.2. The van der Waals surface area contributed by atoms with Crippen molar-refractivity contribution >= 4 is 11.8 Å². The molecule has 1 aromatic carbocycles. The maximum Gasteiger partial charge on any atom is 0.101 e. The summed E-state index contributed by atoms with van der Waals surface area (Å²) in [6, 6.07) is 8.32. The van der Waals surface area contributed by atoms with Gasteiger partial charge in [-0.1, -0.05) is 24.3 Å². The molecule has 0 spiro atoms. The Balaban J connectivity index is 2.42. The third kappa shape index (κ3) is 4.47. The Bertz CT molecular complexity index is 317. The zero-order valence-electron chi connectivity index (χ0n) is 10.1. The molecule has 16 heavy (non-hydrogen) atoms. The number of rotatable bonds is 6. The van der Waals surface area contributed by atoms with E-state index in [-0.39, 0.29) is 0 Å². The Labute approximate surface area is 97.2 Å². The molecule has 0 atom stereocenters. The monoisotopic (exact) mass is 221 g/mol. The predicted octanol–water partition coefficient (Wildman–Crippen LogP) is 2.73. The van der Waals surface area contributed by atoms with Gasteiger partial charge < -0.3 is 4.90 Å². The van der Waals surface area contributed by atoms with Gasteiger partial charge in [-0.3, -0.25) is 0 Å². The van der Waals surface area contributed by atoms with E-state index in [1.807, 2.05) is 33.2 Å². The van der Waals surface area contributed by atoms with Gasteiger partial charge in [-0.2, -0.15) is 0 Å². The maximum absolute atomic E-state index is 4.87. The fraction of sp³-hybridized carbons (Fsp3) is 0.385. The summed E-state index contributed by atoms with van der Waals surface area (Å²) in [5.41, 5.74) is 2.36. The summed E-state index contributed by atoms with van der Waals surface area (Å²) in [6.45, 7) is 2.94. The summed E-state index contributed by atoms with van der Waals surface area (Å²) in [5.74, 6) is 0. The van der Waals surface area contributed by atoms with Crippen LogP contribution in [0.1, 0.15) is 12.5 Å². The standard InChI is InChI=1S/C13H19NO2/c1-4-15-16-11-5-6-12-7-9-13(10-8-12)14(2)3/h5-10H,4,11H2,1-3H3/b6-5-. The first-order chi connectivity index (χ1) is 7.74. The van der Waals surface area contributed by atoms with Crippen molar-refractivity contribution in [3.8, 4) is 0 Å².